The van der Waals surface area contributed by atoms with E-state index in [1.165, 1.54) is 0 Å². The molecule has 5 heteroatoms. The van der Waals surface area contributed by atoms with E-state index in [9.17, 15) is 4.79 Å². The van der Waals surface area contributed by atoms with Gasteiger partial charge in [-0.1, -0.05) is 0 Å². The van der Waals surface area contributed by atoms with Crippen molar-refractivity contribution in [3.05, 3.63) is 29.8 Å². The van der Waals surface area contributed by atoms with Gasteiger partial charge in [-0.15, -0.1) is 17.0 Å². The summed E-state index contributed by atoms with van der Waals surface area (Å²) in [5, 5.41) is 0. The summed E-state index contributed by atoms with van der Waals surface area (Å²) >= 11 is 0. The molecule has 0 bridgehead atoms. The van der Waals surface area contributed by atoms with Gasteiger partial charge in [-0.2, -0.15) is 0 Å². The lowest BCUT2D eigenvalue weighted by molar-refractivity contribution is 0.1000. The first kappa shape index (κ1) is 13.0. The maximum Gasteiger partial charge on any atom is 0.248 e. The first-order chi connectivity index (χ1) is 7.27. The molecule has 0 aliphatic carbocycles. The van der Waals surface area contributed by atoms with Crippen molar-refractivity contribution in [1.82, 2.24) is 0 Å². The number of rotatable bonds is 2. The average Bonchev–Trinajstić information content (AvgIpc) is 2.30. The van der Waals surface area contributed by atoms with E-state index in [-0.39, 0.29) is 22.9 Å². The standard InChI is InChI=1S/C11H14N2O2.BrH/c12-11(14)9-1-3-10(4-2-9)13-5-7-15-8-6-13;/h1-4H,5-8H2,(H2,12,14);1H. The fraction of sp³-hybridized carbons (Fsp3) is 0.364. The van der Waals surface area contributed by atoms with Crippen molar-refractivity contribution in [1.29, 1.82) is 0 Å². The summed E-state index contributed by atoms with van der Waals surface area (Å²) in [4.78, 5) is 13.1. The van der Waals surface area contributed by atoms with Crippen LogP contribution in [-0.4, -0.2) is 32.2 Å². The predicted molar refractivity (Wildman–Crippen MR) is 68.3 cm³/mol. The molecule has 88 valence electrons. The molecule has 1 aliphatic heterocycles. The summed E-state index contributed by atoms with van der Waals surface area (Å²) in [6.07, 6.45) is 0. The molecule has 1 amide bonds. The van der Waals surface area contributed by atoms with Gasteiger partial charge in [0.25, 0.3) is 0 Å². The highest BCUT2D eigenvalue weighted by Crippen LogP contribution is 2.16. The Kier molecular flexibility index (Phi) is 4.76. The number of anilines is 1. The summed E-state index contributed by atoms with van der Waals surface area (Å²) in [5.41, 5.74) is 6.83. The lowest BCUT2D eigenvalue weighted by Crippen LogP contribution is -2.36. The number of ether oxygens (including phenoxy) is 1. The number of carbonyl (C=O) groups excluding carboxylic acids is 1. The average molecular weight is 287 g/mol. The number of benzene rings is 1. The molecule has 16 heavy (non-hydrogen) atoms. The van der Waals surface area contributed by atoms with Crippen molar-refractivity contribution < 1.29 is 9.53 Å². The van der Waals surface area contributed by atoms with Crippen LogP contribution in [0.1, 0.15) is 10.4 Å². The SMILES string of the molecule is Br.NC(=O)c1ccc(N2CCOCC2)cc1. The van der Waals surface area contributed by atoms with Crippen LogP contribution in [0.15, 0.2) is 24.3 Å². The van der Waals surface area contributed by atoms with Crippen LogP contribution in [0.25, 0.3) is 0 Å². The third-order valence-corrected chi connectivity index (χ3v) is 2.53. The third kappa shape index (κ3) is 2.96. The molecule has 0 radical (unpaired) electrons. The number of nitrogens with zero attached hydrogens (tertiary/aromatic N) is 1. The van der Waals surface area contributed by atoms with E-state index in [4.69, 9.17) is 10.5 Å². The van der Waals surface area contributed by atoms with Gasteiger partial charge in [0.15, 0.2) is 0 Å². The van der Waals surface area contributed by atoms with Crippen molar-refractivity contribution in [3.63, 3.8) is 0 Å². The molecular formula is C11H15BrN2O2. The smallest absolute Gasteiger partial charge is 0.248 e. The van der Waals surface area contributed by atoms with Crippen molar-refractivity contribution in [3.8, 4) is 0 Å². The van der Waals surface area contributed by atoms with Gasteiger partial charge in [0.1, 0.15) is 0 Å². The molecule has 4 nitrogen and oxygen atoms in total. The summed E-state index contributed by atoms with van der Waals surface area (Å²) in [6, 6.07) is 7.36. The fourth-order valence-electron chi connectivity index (χ4n) is 1.66. The fourth-order valence-corrected chi connectivity index (χ4v) is 1.66. The van der Waals surface area contributed by atoms with Gasteiger partial charge >= 0.3 is 0 Å². The lowest BCUT2D eigenvalue weighted by atomic mass is 10.2. The van der Waals surface area contributed by atoms with E-state index in [2.05, 4.69) is 4.90 Å². The summed E-state index contributed by atoms with van der Waals surface area (Å²) in [7, 11) is 0. The molecule has 1 saturated heterocycles. The molecule has 1 aromatic rings. The van der Waals surface area contributed by atoms with E-state index in [0.717, 1.165) is 32.0 Å². The number of halogens is 1. The molecule has 0 spiro atoms. The zero-order valence-corrected chi connectivity index (χ0v) is 10.6. The van der Waals surface area contributed by atoms with E-state index < -0.39 is 0 Å². The van der Waals surface area contributed by atoms with E-state index >= 15 is 0 Å². The molecule has 1 heterocycles. The Morgan fingerprint density at radius 2 is 1.75 bits per heavy atom. The molecule has 1 aromatic carbocycles. The molecule has 0 aromatic heterocycles. The quantitative estimate of drug-likeness (QED) is 0.889. The van der Waals surface area contributed by atoms with Crippen LogP contribution in [0.4, 0.5) is 5.69 Å². The zero-order chi connectivity index (χ0) is 10.7. The third-order valence-electron chi connectivity index (χ3n) is 2.53. The monoisotopic (exact) mass is 286 g/mol. The number of primary amides is 1. The highest BCUT2D eigenvalue weighted by Gasteiger charge is 2.11. The van der Waals surface area contributed by atoms with Gasteiger partial charge in [0, 0.05) is 24.3 Å². The molecule has 1 aliphatic rings. The highest BCUT2D eigenvalue weighted by atomic mass is 79.9. The number of amides is 1. The number of morpholine rings is 1. The Morgan fingerprint density at radius 1 is 1.19 bits per heavy atom. The maximum atomic E-state index is 10.9. The number of carbonyl (C=O) groups is 1. The number of nitrogens with two attached hydrogens (primary N) is 1. The first-order valence-electron chi connectivity index (χ1n) is 5.00. The summed E-state index contributed by atoms with van der Waals surface area (Å²) in [5.74, 6) is -0.386. The van der Waals surface area contributed by atoms with Crippen molar-refractivity contribution in [2.24, 2.45) is 5.73 Å². The predicted octanol–water partition coefficient (Wildman–Crippen LogP) is 1.20. The normalized spacial score (nSPS) is 15.4. The van der Waals surface area contributed by atoms with Gasteiger partial charge in [-0.05, 0) is 24.3 Å². The molecule has 0 saturated carbocycles. The second kappa shape index (κ2) is 5.86. The van der Waals surface area contributed by atoms with Crippen molar-refractivity contribution in [2.75, 3.05) is 31.2 Å². The Labute approximate surface area is 105 Å². The number of hydrogen-bond acceptors (Lipinski definition) is 3. The first-order valence-corrected chi connectivity index (χ1v) is 5.00. The summed E-state index contributed by atoms with van der Waals surface area (Å²) < 4.78 is 5.27. The lowest BCUT2D eigenvalue weighted by Gasteiger charge is -2.28. The summed E-state index contributed by atoms with van der Waals surface area (Å²) in [6.45, 7) is 3.32. The second-order valence-electron chi connectivity index (χ2n) is 3.51. The van der Waals surface area contributed by atoms with E-state index in [0.29, 0.717) is 5.56 Å². The second-order valence-corrected chi connectivity index (χ2v) is 3.51. The van der Waals surface area contributed by atoms with Crippen LogP contribution in [-0.2, 0) is 4.74 Å². The largest absolute Gasteiger partial charge is 0.378 e. The maximum absolute atomic E-state index is 10.9. The molecule has 2 N–H and O–H groups in total. The Balaban J connectivity index is 0.00000128. The van der Waals surface area contributed by atoms with Gasteiger partial charge in [0.05, 0.1) is 13.2 Å². The van der Waals surface area contributed by atoms with E-state index in [1.54, 1.807) is 12.1 Å². The van der Waals surface area contributed by atoms with Crippen LogP contribution in [0.5, 0.6) is 0 Å². The molecule has 1 fully saturated rings. The Bertz CT molecular complexity index is 348. The van der Waals surface area contributed by atoms with Gasteiger partial charge in [0.2, 0.25) is 5.91 Å². The van der Waals surface area contributed by atoms with Crippen LogP contribution in [0.2, 0.25) is 0 Å². The van der Waals surface area contributed by atoms with Crippen molar-refractivity contribution in [2.45, 2.75) is 0 Å². The van der Waals surface area contributed by atoms with Gasteiger partial charge < -0.3 is 15.4 Å². The van der Waals surface area contributed by atoms with Gasteiger partial charge in [-0.3, -0.25) is 4.79 Å². The Morgan fingerprint density at radius 3 is 2.25 bits per heavy atom. The molecule has 2 rings (SSSR count). The molecule has 0 unspecified atom stereocenters. The Hall–Kier alpha value is -1.07. The van der Waals surface area contributed by atoms with Crippen LogP contribution in [0.3, 0.4) is 0 Å². The minimum Gasteiger partial charge on any atom is -0.378 e. The highest BCUT2D eigenvalue weighted by molar-refractivity contribution is 8.93. The van der Waals surface area contributed by atoms with E-state index in [1.807, 2.05) is 12.1 Å². The number of hydrogen-bond donors (Lipinski definition) is 1. The minimum atomic E-state index is -0.386. The van der Waals surface area contributed by atoms with Crippen LogP contribution in [0, 0.1) is 0 Å². The molecular weight excluding hydrogens is 272 g/mol. The zero-order valence-electron chi connectivity index (χ0n) is 8.89. The van der Waals surface area contributed by atoms with Crippen LogP contribution < -0.4 is 10.6 Å². The topological polar surface area (TPSA) is 55.6 Å². The van der Waals surface area contributed by atoms with Gasteiger partial charge in [-0.25, -0.2) is 0 Å². The van der Waals surface area contributed by atoms with Crippen LogP contribution >= 0.6 is 17.0 Å². The molecule has 0 atom stereocenters. The minimum absolute atomic E-state index is 0. The van der Waals surface area contributed by atoms with Crippen molar-refractivity contribution >= 4 is 28.6 Å².